The largest absolute Gasteiger partial charge is 0.458 e. The van der Waals surface area contributed by atoms with Crippen LogP contribution in [0.15, 0.2) is 194 Å². The molecule has 0 unspecified atom stereocenters. The molecule has 9 aromatic rings. The average molecular weight is 694 g/mol. The van der Waals surface area contributed by atoms with Gasteiger partial charge in [-0.1, -0.05) is 158 Å². The number of rotatable bonds is 5. The Hall–Kier alpha value is -6.56. The van der Waals surface area contributed by atoms with Crippen molar-refractivity contribution in [1.82, 2.24) is 4.57 Å². The van der Waals surface area contributed by atoms with Crippen LogP contribution in [0.3, 0.4) is 0 Å². The molecule has 3 heterocycles. The third-order valence-corrected chi connectivity index (χ3v) is 16.0. The number of fused-ring (bicyclic) bond motifs is 7. The van der Waals surface area contributed by atoms with Gasteiger partial charge in [-0.3, -0.25) is 0 Å². The van der Waals surface area contributed by atoms with E-state index >= 15 is 0 Å². The van der Waals surface area contributed by atoms with Gasteiger partial charge >= 0.3 is 0 Å². The van der Waals surface area contributed by atoms with E-state index in [-0.39, 0.29) is 6.71 Å². The average Bonchev–Trinajstić information content (AvgIpc) is 3.56. The van der Waals surface area contributed by atoms with Crippen LogP contribution in [-0.4, -0.2) is 19.4 Å². The first-order valence-corrected chi connectivity index (χ1v) is 20.2. The van der Waals surface area contributed by atoms with Gasteiger partial charge in [0.2, 0.25) is 0 Å². The number of para-hydroxylation sites is 3. The van der Waals surface area contributed by atoms with Crippen molar-refractivity contribution in [1.29, 1.82) is 0 Å². The predicted octanol–water partition coefficient (Wildman–Crippen LogP) is 6.89. The zero-order valence-corrected chi connectivity index (χ0v) is 29.8. The van der Waals surface area contributed by atoms with Gasteiger partial charge in [-0.05, 0) is 55.9 Å². The summed E-state index contributed by atoms with van der Waals surface area (Å²) in [6, 6.07) is 70.6. The second kappa shape index (κ2) is 11.7. The summed E-state index contributed by atoms with van der Waals surface area (Å²) in [7, 11) is -2.77. The van der Waals surface area contributed by atoms with Gasteiger partial charge < -0.3 is 14.0 Å². The van der Waals surface area contributed by atoms with E-state index in [1.54, 1.807) is 0 Å². The van der Waals surface area contributed by atoms with Crippen molar-refractivity contribution < 1.29 is 9.47 Å². The highest BCUT2D eigenvalue weighted by atomic mass is 28.3. The molecule has 0 saturated carbocycles. The molecule has 0 N–H and O–H groups in total. The minimum atomic E-state index is -2.77. The molecule has 0 atom stereocenters. The maximum atomic E-state index is 6.77. The summed E-state index contributed by atoms with van der Waals surface area (Å²) in [5.41, 5.74) is 6.70. The Kier molecular flexibility index (Phi) is 6.67. The summed E-state index contributed by atoms with van der Waals surface area (Å²) in [5, 5.41) is 7.80. The van der Waals surface area contributed by atoms with E-state index in [4.69, 9.17) is 9.47 Å². The number of ether oxygens (including phenoxy) is 2. The monoisotopic (exact) mass is 693 g/mol. The molecule has 248 valence electrons. The highest BCUT2D eigenvalue weighted by molar-refractivity contribution is 7.20. The van der Waals surface area contributed by atoms with Crippen LogP contribution in [0.1, 0.15) is 0 Å². The molecule has 11 rings (SSSR count). The highest BCUT2D eigenvalue weighted by Crippen LogP contribution is 2.39. The van der Waals surface area contributed by atoms with E-state index in [0.717, 1.165) is 56.1 Å². The standard InChI is InChI=1S/C48H32BNO2Si/c1-4-16-34(17-5-1)53(35-18-6-2-7-19-35,36-20-8-3-9-21-36)37-28-29-39-38-22-10-13-25-42(38)50(43(39)32-37)33-30-46-48-47(31-33)52-45-27-15-12-24-41(45)49(48)40-23-11-14-26-44(40)51-46/h1-32H. The van der Waals surface area contributed by atoms with E-state index in [0.29, 0.717) is 0 Å². The molecule has 1 aromatic heterocycles. The van der Waals surface area contributed by atoms with E-state index < -0.39 is 8.07 Å². The molecule has 0 bridgehead atoms. The molecule has 2 aliphatic heterocycles. The lowest BCUT2D eigenvalue weighted by Gasteiger charge is -2.34. The Bertz CT molecular complexity index is 2690. The summed E-state index contributed by atoms with van der Waals surface area (Å²) in [5.74, 6) is 3.44. The van der Waals surface area contributed by atoms with E-state index in [1.165, 1.54) is 31.5 Å². The van der Waals surface area contributed by atoms with E-state index in [2.05, 4.69) is 199 Å². The molecule has 0 radical (unpaired) electrons. The zero-order valence-electron chi connectivity index (χ0n) is 28.8. The summed E-state index contributed by atoms with van der Waals surface area (Å²) in [6.07, 6.45) is 0. The van der Waals surface area contributed by atoms with Crippen LogP contribution in [0.25, 0.3) is 27.5 Å². The number of hydrogen-bond donors (Lipinski definition) is 0. The fourth-order valence-corrected chi connectivity index (χ4v) is 13.8. The molecular weight excluding hydrogens is 661 g/mol. The summed E-state index contributed by atoms with van der Waals surface area (Å²) in [6.45, 7) is 0.0305. The molecule has 8 aromatic carbocycles. The molecule has 3 nitrogen and oxygen atoms in total. The maximum absolute atomic E-state index is 6.77. The van der Waals surface area contributed by atoms with Crippen LogP contribution in [-0.2, 0) is 0 Å². The van der Waals surface area contributed by atoms with Crippen molar-refractivity contribution in [2.45, 2.75) is 0 Å². The van der Waals surface area contributed by atoms with Crippen LogP contribution in [0.2, 0.25) is 0 Å². The minimum Gasteiger partial charge on any atom is -0.458 e. The zero-order chi connectivity index (χ0) is 34.9. The molecule has 53 heavy (non-hydrogen) atoms. The fraction of sp³-hybridized carbons (Fsp3) is 0. The van der Waals surface area contributed by atoms with Crippen molar-refractivity contribution in [3.05, 3.63) is 194 Å². The molecule has 0 fully saturated rings. The second-order valence-corrected chi connectivity index (χ2v) is 17.8. The van der Waals surface area contributed by atoms with Gasteiger partial charge in [-0.15, -0.1) is 0 Å². The van der Waals surface area contributed by atoms with Crippen LogP contribution in [0.4, 0.5) is 0 Å². The first-order valence-electron chi connectivity index (χ1n) is 18.2. The van der Waals surface area contributed by atoms with Gasteiger partial charge in [0.15, 0.2) is 8.07 Å². The van der Waals surface area contributed by atoms with Gasteiger partial charge in [0, 0.05) is 28.4 Å². The fourth-order valence-electron chi connectivity index (χ4n) is 9.06. The first kappa shape index (κ1) is 30.1. The van der Waals surface area contributed by atoms with Gasteiger partial charge in [-0.25, -0.2) is 0 Å². The SMILES string of the molecule is c1ccc([Si](c2ccccc2)(c2ccccc2)c2ccc3c4ccccc4n(-c4cc5c6c(c4)Oc4ccccc4B6c4ccccc4O5)c3c2)cc1. The lowest BCUT2D eigenvalue weighted by Crippen LogP contribution is -2.74. The van der Waals surface area contributed by atoms with Crippen molar-refractivity contribution in [3.63, 3.8) is 0 Å². The number of nitrogens with zero attached hydrogens (tertiary/aromatic N) is 1. The van der Waals surface area contributed by atoms with Gasteiger partial charge in [0.05, 0.1) is 16.7 Å². The van der Waals surface area contributed by atoms with Gasteiger partial charge in [-0.2, -0.15) is 0 Å². The number of benzene rings is 8. The molecule has 5 heteroatoms. The normalized spacial score (nSPS) is 12.8. The van der Waals surface area contributed by atoms with Crippen molar-refractivity contribution in [2.24, 2.45) is 0 Å². The van der Waals surface area contributed by atoms with Gasteiger partial charge in [0.1, 0.15) is 23.0 Å². The van der Waals surface area contributed by atoms with Crippen LogP contribution < -0.4 is 46.6 Å². The predicted molar refractivity (Wildman–Crippen MR) is 222 cm³/mol. The third kappa shape index (κ3) is 4.41. The van der Waals surface area contributed by atoms with Crippen molar-refractivity contribution in [3.8, 4) is 28.7 Å². The highest BCUT2D eigenvalue weighted by Gasteiger charge is 2.43. The quantitative estimate of drug-likeness (QED) is 0.145. The Balaban J connectivity index is 1.21. The number of hydrogen-bond acceptors (Lipinski definition) is 2. The molecule has 0 aliphatic carbocycles. The summed E-state index contributed by atoms with van der Waals surface area (Å²) in [4.78, 5) is 0. The van der Waals surface area contributed by atoms with Crippen molar-refractivity contribution in [2.75, 3.05) is 0 Å². The maximum Gasteiger partial charge on any atom is 0.260 e. The first-order chi connectivity index (χ1) is 26.3. The van der Waals surface area contributed by atoms with Crippen LogP contribution in [0, 0.1) is 0 Å². The molecular formula is C48H32BNO2Si. The summed E-state index contributed by atoms with van der Waals surface area (Å²) < 4.78 is 15.9. The van der Waals surface area contributed by atoms with Crippen molar-refractivity contribution >= 4 is 73.7 Å². The Morgan fingerprint density at radius 2 is 0.849 bits per heavy atom. The van der Waals surface area contributed by atoms with E-state index in [9.17, 15) is 0 Å². The summed E-state index contributed by atoms with van der Waals surface area (Å²) >= 11 is 0. The molecule has 0 saturated heterocycles. The second-order valence-electron chi connectivity index (χ2n) is 14.0. The molecule has 0 spiro atoms. The van der Waals surface area contributed by atoms with Gasteiger partial charge in [0.25, 0.3) is 6.71 Å². The minimum absolute atomic E-state index is 0.0305. The Labute approximate surface area is 309 Å². The molecule has 2 aliphatic rings. The lowest BCUT2D eigenvalue weighted by molar-refractivity contribution is 0.464. The third-order valence-electron chi connectivity index (χ3n) is 11.3. The number of aromatic nitrogens is 1. The topological polar surface area (TPSA) is 23.4 Å². The Morgan fingerprint density at radius 3 is 1.42 bits per heavy atom. The van der Waals surface area contributed by atoms with Crippen LogP contribution in [0.5, 0.6) is 23.0 Å². The smallest absolute Gasteiger partial charge is 0.260 e. The lowest BCUT2D eigenvalue weighted by atomic mass is 9.35. The Morgan fingerprint density at radius 1 is 0.377 bits per heavy atom. The van der Waals surface area contributed by atoms with Crippen LogP contribution >= 0.6 is 0 Å². The molecule has 0 amide bonds. The van der Waals surface area contributed by atoms with E-state index in [1.807, 2.05) is 0 Å².